The van der Waals surface area contributed by atoms with Crippen LogP contribution in [0.4, 0.5) is 5.69 Å². The van der Waals surface area contributed by atoms with E-state index in [-0.39, 0.29) is 29.9 Å². The second-order valence-electron chi connectivity index (χ2n) is 5.71. The summed E-state index contributed by atoms with van der Waals surface area (Å²) < 4.78 is 22.8. The van der Waals surface area contributed by atoms with E-state index in [1.165, 1.54) is 11.9 Å². The average molecular weight is 324 g/mol. The number of rotatable bonds is 4. The maximum Gasteiger partial charge on any atom is 0.243 e. The number of carbonyl (C=O) groups is 2. The summed E-state index contributed by atoms with van der Waals surface area (Å²) in [5, 5.41) is 2.71. The van der Waals surface area contributed by atoms with Crippen molar-refractivity contribution in [3.8, 4) is 0 Å². The number of amides is 2. The van der Waals surface area contributed by atoms with Crippen molar-refractivity contribution in [2.75, 3.05) is 30.4 Å². The summed E-state index contributed by atoms with van der Waals surface area (Å²) in [6, 6.07) is 7.35. The number of aryl methyl sites for hydroxylation is 1. The van der Waals surface area contributed by atoms with Crippen LogP contribution in [0, 0.1) is 12.8 Å². The van der Waals surface area contributed by atoms with Crippen molar-refractivity contribution < 1.29 is 18.0 Å². The lowest BCUT2D eigenvalue weighted by molar-refractivity contribution is -0.136. The summed E-state index contributed by atoms with van der Waals surface area (Å²) in [6.45, 7) is 1.86. The first-order valence-corrected chi connectivity index (χ1v) is 8.91. The Morgan fingerprint density at radius 1 is 1.27 bits per heavy atom. The van der Waals surface area contributed by atoms with Crippen molar-refractivity contribution in [2.45, 2.75) is 13.3 Å². The molecule has 0 aromatic heterocycles. The summed E-state index contributed by atoms with van der Waals surface area (Å²) in [7, 11) is -1.59. The fourth-order valence-corrected chi connectivity index (χ4v) is 4.16. The number of carbonyl (C=O) groups excluding carboxylic acids is 2. The zero-order valence-electron chi connectivity index (χ0n) is 12.7. The summed E-state index contributed by atoms with van der Waals surface area (Å²) in [5.41, 5.74) is 1.76. The SMILES string of the molecule is Cc1ccc(NC(=O)CN(C)C(=O)[C@@H]2CCS(=O)(=O)C2)cc1. The number of hydrogen-bond donors (Lipinski definition) is 1. The maximum atomic E-state index is 12.1. The molecule has 1 heterocycles. The van der Waals surface area contributed by atoms with Crippen LogP contribution in [0.3, 0.4) is 0 Å². The van der Waals surface area contributed by atoms with E-state index in [9.17, 15) is 18.0 Å². The van der Waals surface area contributed by atoms with E-state index in [0.717, 1.165) is 5.56 Å². The van der Waals surface area contributed by atoms with Crippen molar-refractivity contribution >= 4 is 27.3 Å². The minimum atomic E-state index is -3.10. The molecular formula is C15H20N2O4S. The van der Waals surface area contributed by atoms with Crippen LogP contribution in [0.25, 0.3) is 0 Å². The third kappa shape index (κ3) is 4.30. The quantitative estimate of drug-likeness (QED) is 0.889. The van der Waals surface area contributed by atoms with Crippen molar-refractivity contribution in [1.29, 1.82) is 0 Å². The molecule has 1 aliphatic heterocycles. The summed E-state index contributed by atoms with van der Waals surface area (Å²) in [5.74, 6) is -1.19. The minimum absolute atomic E-state index is 0.0484. The van der Waals surface area contributed by atoms with E-state index in [4.69, 9.17) is 0 Å². The smallest absolute Gasteiger partial charge is 0.243 e. The number of sulfone groups is 1. The molecule has 0 aliphatic carbocycles. The molecule has 1 fully saturated rings. The summed E-state index contributed by atoms with van der Waals surface area (Å²) >= 11 is 0. The van der Waals surface area contributed by atoms with Gasteiger partial charge in [0, 0.05) is 12.7 Å². The molecule has 22 heavy (non-hydrogen) atoms. The second kappa shape index (κ2) is 6.48. The van der Waals surface area contributed by atoms with Crippen LogP contribution < -0.4 is 5.32 Å². The van der Waals surface area contributed by atoms with Gasteiger partial charge in [-0.3, -0.25) is 9.59 Å². The Morgan fingerprint density at radius 2 is 1.91 bits per heavy atom. The Morgan fingerprint density at radius 3 is 2.45 bits per heavy atom. The Balaban J connectivity index is 1.88. The first kappa shape index (κ1) is 16.5. The summed E-state index contributed by atoms with van der Waals surface area (Å²) in [6.07, 6.45) is 0.338. The molecule has 120 valence electrons. The molecule has 0 bridgehead atoms. The normalized spacial score (nSPS) is 19.6. The third-order valence-corrected chi connectivity index (χ3v) is 5.44. The topological polar surface area (TPSA) is 83.6 Å². The molecule has 1 aliphatic rings. The highest BCUT2D eigenvalue weighted by molar-refractivity contribution is 7.91. The van der Waals surface area contributed by atoms with Crippen LogP contribution in [0.2, 0.25) is 0 Å². The first-order valence-electron chi connectivity index (χ1n) is 7.09. The maximum absolute atomic E-state index is 12.1. The van der Waals surface area contributed by atoms with E-state index in [2.05, 4.69) is 5.32 Å². The number of nitrogens with zero attached hydrogens (tertiary/aromatic N) is 1. The number of likely N-dealkylation sites (N-methyl/N-ethyl adjacent to an activating group) is 1. The van der Waals surface area contributed by atoms with Gasteiger partial charge in [0.1, 0.15) is 0 Å². The molecule has 1 atom stereocenters. The van der Waals surface area contributed by atoms with Crippen molar-refractivity contribution in [2.24, 2.45) is 5.92 Å². The van der Waals surface area contributed by atoms with Gasteiger partial charge in [-0.25, -0.2) is 8.42 Å². The largest absolute Gasteiger partial charge is 0.336 e. The van der Waals surface area contributed by atoms with Gasteiger partial charge in [0.05, 0.1) is 24.0 Å². The van der Waals surface area contributed by atoms with Crippen molar-refractivity contribution in [3.63, 3.8) is 0 Å². The minimum Gasteiger partial charge on any atom is -0.336 e. The lowest BCUT2D eigenvalue weighted by atomic mass is 10.1. The van der Waals surface area contributed by atoms with E-state index in [1.54, 1.807) is 12.1 Å². The van der Waals surface area contributed by atoms with E-state index in [1.807, 2.05) is 19.1 Å². The molecule has 0 unspecified atom stereocenters. The van der Waals surface area contributed by atoms with Crippen molar-refractivity contribution in [1.82, 2.24) is 4.90 Å². The zero-order valence-corrected chi connectivity index (χ0v) is 13.5. The van der Waals surface area contributed by atoms with Crippen molar-refractivity contribution in [3.05, 3.63) is 29.8 Å². The Bertz CT molecular complexity index is 667. The van der Waals surface area contributed by atoms with Gasteiger partial charge >= 0.3 is 0 Å². The van der Waals surface area contributed by atoms with Crippen LogP contribution in [0.1, 0.15) is 12.0 Å². The van der Waals surface area contributed by atoms with Gasteiger partial charge < -0.3 is 10.2 Å². The van der Waals surface area contributed by atoms with Crippen LogP contribution >= 0.6 is 0 Å². The number of anilines is 1. The summed E-state index contributed by atoms with van der Waals surface area (Å²) in [4.78, 5) is 25.4. The molecule has 2 amide bonds. The van der Waals surface area contributed by atoms with E-state index < -0.39 is 15.8 Å². The predicted molar refractivity (Wildman–Crippen MR) is 84.2 cm³/mol. The lowest BCUT2D eigenvalue weighted by Crippen LogP contribution is -2.39. The Hall–Kier alpha value is -1.89. The molecule has 1 aromatic carbocycles. The van der Waals surface area contributed by atoms with Gasteiger partial charge in [0.2, 0.25) is 11.8 Å². The predicted octanol–water partition coefficient (Wildman–Crippen LogP) is 0.827. The molecule has 1 N–H and O–H groups in total. The molecule has 0 radical (unpaired) electrons. The first-order chi connectivity index (χ1) is 10.3. The van der Waals surface area contributed by atoms with Crippen LogP contribution in [-0.4, -0.2) is 50.2 Å². The molecule has 0 spiro atoms. The van der Waals surface area contributed by atoms with Gasteiger partial charge in [-0.1, -0.05) is 17.7 Å². The number of nitrogens with one attached hydrogen (secondary N) is 1. The zero-order chi connectivity index (χ0) is 16.3. The highest BCUT2D eigenvalue weighted by Gasteiger charge is 2.34. The molecule has 2 rings (SSSR count). The van der Waals surface area contributed by atoms with Crippen LogP contribution in [0.15, 0.2) is 24.3 Å². The Kier molecular flexibility index (Phi) is 4.85. The number of hydrogen-bond acceptors (Lipinski definition) is 4. The molecular weight excluding hydrogens is 304 g/mol. The van der Waals surface area contributed by atoms with Gasteiger partial charge in [-0.15, -0.1) is 0 Å². The monoisotopic (exact) mass is 324 g/mol. The molecule has 0 saturated carbocycles. The van der Waals surface area contributed by atoms with Gasteiger partial charge in [-0.2, -0.15) is 0 Å². The van der Waals surface area contributed by atoms with Gasteiger partial charge in [0.15, 0.2) is 9.84 Å². The highest BCUT2D eigenvalue weighted by Crippen LogP contribution is 2.20. The fourth-order valence-electron chi connectivity index (χ4n) is 2.43. The second-order valence-corrected chi connectivity index (χ2v) is 7.94. The average Bonchev–Trinajstić information content (AvgIpc) is 2.80. The standard InChI is InChI=1S/C15H20N2O4S/c1-11-3-5-13(6-4-11)16-14(18)9-17(2)15(19)12-7-8-22(20,21)10-12/h3-6,12H,7-10H2,1-2H3,(H,16,18)/t12-/m1/s1. The van der Waals surface area contributed by atoms with Crippen LogP contribution in [0.5, 0.6) is 0 Å². The fraction of sp³-hybridized carbons (Fsp3) is 0.467. The highest BCUT2D eigenvalue weighted by atomic mass is 32.2. The van der Waals surface area contributed by atoms with Gasteiger partial charge in [-0.05, 0) is 25.5 Å². The lowest BCUT2D eigenvalue weighted by Gasteiger charge is -2.19. The van der Waals surface area contributed by atoms with E-state index in [0.29, 0.717) is 12.1 Å². The third-order valence-electron chi connectivity index (χ3n) is 3.67. The molecule has 7 heteroatoms. The molecule has 1 saturated heterocycles. The Labute approximate surface area is 130 Å². The van der Waals surface area contributed by atoms with Crippen LogP contribution in [-0.2, 0) is 19.4 Å². The molecule has 6 nitrogen and oxygen atoms in total. The van der Waals surface area contributed by atoms with E-state index >= 15 is 0 Å². The molecule has 1 aromatic rings. The number of benzene rings is 1. The van der Waals surface area contributed by atoms with Gasteiger partial charge in [0.25, 0.3) is 0 Å².